The smallest absolute Gasteiger partial charge is 0.222 e. The summed E-state index contributed by atoms with van der Waals surface area (Å²) in [6, 6.07) is 3.68. The average molecular weight is 345 g/mol. The Morgan fingerprint density at radius 2 is 2.42 bits per heavy atom. The maximum atomic E-state index is 5.49. The van der Waals surface area contributed by atoms with Gasteiger partial charge in [0.05, 0.1) is 19.2 Å². The number of hydrogen-bond acceptors (Lipinski definition) is 7. The van der Waals surface area contributed by atoms with Gasteiger partial charge in [0.1, 0.15) is 10.3 Å². The molecule has 0 amide bonds. The van der Waals surface area contributed by atoms with Gasteiger partial charge in [-0.2, -0.15) is 0 Å². The molecule has 2 aromatic rings. The van der Waals surface area contributed by atoms with Crippen molar-refractivity contribution < 1.29 is 4.74 Å². The predicted octanol–water partition coefficient (Wildman–Crippen LogP) is 0.991. The van der Waals surface area contributed by atoms with Gasteiger partial charge in [-0.15, -0.1) is 0 Å². The van der Waals surface area contributed by atoms with E-state index in [2.05, 4.69) is 30.6 Å². The summed E-state index contributed by atoms with van der Waals surface area (Å²) in [6.45, 7) is 1.43. The van der Waals surface area contributed by atoms with Crippen molar-refractivity contribution >= 4 is 39.0 Å². The molecule has 1 atom stereocenters. The van der Waals surface area contributed by atoms with Gasteiger partial charge in [-0.05, 0) is 18.2 Å². The number of nitrogens with one attached hydrogen (secondary N) is 2. The van der Waals surface area contributed by atoms with E-state index in [-0.39, 0.29) is 6.04 Å². The maximum absolute atomic E-state index is 5.49. The lowest BCUT2D eigenvalue weighted by molar-refractivity contribution is 0.222. The number of guanidine groups is 1. The first kappa shape index (κ1) is 16.5. The van der Waals surface area contributed by atoms with Crippen LogP contribution in [-0.4, -0.2) is 55.0 Å². The Labute approximate surface area is 143 Å². The summed E-state index contributed by atoms with van der Waals surface area (Å²) in [4.78, 5) is 18.4. The number of anilines is 1. The van der Waals surface area contributed by atoms with E-state index in [0.717, 1.165) is 21.2 Å². The Morgan fingerprint density at radius 1 is 1.50 bits per heavy atom. The zero-order valence-corrected chi connectivity index (χ0v) is 14.1. The fraction of sp³-hybridized carbons (Fsp3) is 0.333. The highest BCUT2D eigenvalue weighted by molar-refractivity contribution is 7.21. The monoisotopic (exact) mass is 345 g/mol. The number of rotatable bonds is 6. The molecule has 0 saturated heterocycles. The average Bonchev–Trinajstić information content (AvgIpc) is 2.89. The van der Waals surface area contributed by atoms with Gasteiger partial charge in [-0.1, -0.05) is 11.3 Å². The molecule has 1 aliphatic heterocycles. The first-order valence-electron chi connectivity index (χ1n) is 7.52. The number of aliphatic imine (C=N–C) groups is 2. The van der Waals surface area contributed by atoms with Crippen LogP contribution < -0.4 is 16.4 Å². The van der Waals surface area contributed by atoms with E-state index in [1.807, 2.05) is 18.2 Å². The predicted molar refractivity (Wildman–Crippen MR) is 97.8 cm³/mol. The van der Waals surface area contributed by atoms with Gasteiger partial charge in [-0.25, -0.2) is 20.0 Å². The van der Waals surface area contributed by atoms with Crippen molar-refractivity contribution in [2.45, 2.75) is 6.04 Å². The van der Waals surface area contributed by atoms with Crippen LogP contribution in [0.15, 0.2) is 40.1 Å². The van der Waals surface area contributed by atoms with Gasteiger partial charge in [0.15, 0.2) is 5.13 Å². The fourth-order valence-corrected chi connectivity index (χ4v) is 3.03. The number of ether oxygens (including phenoxy) is 1. The van der Waals surface area contributed by atoms with E-state index in [0.29, 0.717) is 25.7 Å². The molecule has 4 N–H and O–H groups in total. The highest BCUT2D eigenvalue weighted by atomic mass is 32.1. The SMILES string of the molecule is COCC1=CC(Nc2nc3cccnc3s2)C=NC(=NCCN)N1. The minimum absolute atomic E-state index is 0.131. The molecule has 3 heterocycles. The fourth-order valence-electron chi connectivity index (χ4n) is 2.17. The van der Waals surface area contributed by atoms with Gasteiger partial charge in [0.2, 0.25) is 5.96 Å². The van der Waals surface area contributed by atoms with E-state index in [1.165, 1.54) is 11.3 Å². The van der Waals surface area contributed by atoms with Gasteiger partial charge in [-0.3, -0.25) is 0 Å². The van der Waals surface area contributed by atoms with Crippen molar-refractivity contribution in [1.82, 2.24) is 15.3 Å². The van der Waals surface area contributed by atoms with Crippen LogP contribution in [0.4, 0.5) is 5.13 Å². The summed E-state index contributed by atoms with van der Waals surface area (Å²) in [5.41, 5.74) is 7.25. The number of methoxy groups -OCH3 is 1. The van der Waals surface area contributed by atoms with E-state index in [4.69, 9.17) is 10.5 Å². The number of pyridine rings is 1. The van der Waals surface area contributed by atoms with Gasteiger partial charge >= 0.3 is 0 Å². The molecule has 3 rings (SSSR count). The molecule has 0 aromatic carbocycles. The molecule has 24 heavy (non-hydrogen) atoms. The van der Waals surface area contributed by atoms with Crippen LogP contribution in [-0.2, 0) is 4.74 Å². The summed E-state index contributed by atoms with van der Waals surface area (Å²) >= 11 is 1.50. The van der Waals surface area contributed by atoms with Crippen molar-refractivity contribution in [3.05, 3.63) is 30.1 Å². The molecule has 9 heteroatoms. The lowest BCUT2D eigenvalue weighted by atomic mass is 10.2. The number of aromatic nitrogens is 2. The van der Waals surface area contributed by atoms with Crippen LogP contribution in [0.25, 0.3) is 10.3 Å². The molecule has 0 radical (unpaired) electrons. The minimum Gasteiger partial charge on any atom is -0.378 e. The van der Waals surface area contributed by atoms with Crippen molar-refractivity contribution in [3.8, 4) is 0 Å². The third kappa shape index (κ3) is 4.13. The Morgan fingerprint density at radius 3 is 3.21 bits per heavy atom. The van der Waals surface area contributed by atoms with E-state index in [9.17, 15) is 0 Å². The molecule has 2 aromatic heterocycles. The summed E-state index contributed by atoms with van der Waals surface area (Å²) < 4.78 is 5.22. The van der Waals surface area contributed by atoms with Gasteiger partial charge in [0.25, 0.3) is 0 Å². The number of thiazole rings is 1. The van der Waals surface area contributed by atoms with E-state index >= 15 is 0 Å². The Kier molecular flexibility index (Phi) is 5.47. The maximum Gasteiger partial charge on any atom is 0.222 e. The largest absolute Gasteiger partial charge is 0.378 e. The van der Waals surface area contributed by atoms with Crippen molar-refractivity contribution in [2.75, 3.05) is 32.1 Å². The second kappa shape index (κ2) is 7.95. The van der Waals surface area contributed by atoms with Crippen LogP contribution in [0.5, 0.6) is 0 Å². The number of fused-ring (bicyclic) bond motifs is 1. The number of nitrogens with zero attached hydrogens (tertiary/aromatic N) is 4. The van der Waals surface area contributed by atoms with Crippen LogP contribution in [0.3, 0.4) is 0 Å². The first-order chi connectivity index (χ1) is 11.8. The minimum atomic E-state index is -0.131. The third-order valence-electron chi connectivity index (χ3n) is 3.16. The van der Waals surface area contributed by atoms with Crippen LogP contribution in [0.1, 0.15) is 0 Å². The highest BCUT2D eigenvalue weighted by Crippen LogP contribution is 2.24. The number of nitrogens with two attached hydrogens (primary N) is 1. The molecule has 0 saturated carbocycles. The van der Waals surface area contributed by atoms with E-state index < -0.39 is 0 Å². The molecular formula is C15H19N7OS. The molecule has 0 fully saturated rings. The van der Waals surface area contributed by atoms with Gasteiger partial charge in [0, 0.05) is 31.8 Å². The third-order valence-corrected chi connectivity index (χ3v) is 4.07. The van der Waals surface area contributed by atoms with Crippen LogP contribution in [0, 0.1) is 0 Å². The second-order valence-electron chi connectivity index (χ2n) is 5.04. The first-order valence-corrected chi connectivity index (χ1v) is 8.33. The Hall–Kier alpha value is -2.36. The normalized spacial score (nSPS) is 19.2. The summed E-state index contributed by atoms with van der Waals surface area (Å²) in [5.74, 6) is 0.527. The molecular weight excluding hydrogens is 326 g/mol. The standard InChI is InChI=1S/C15H19N7OS/c1-23-9-11-7-10(8-19-14(20-11)18-6-4-16)21-15-22-12-3-2-5-17-13(12)24-15/h2-3,5,7-8,10H,4,6,9,16H2,1H3,(H,18,20)(H,21,22). The zero-order valence-electron chi connectivity index (χ0n) is 13.3. The Bertz CT molecular complexity index is 750. The lowest BCUT2D eigenvalue weighted by Gasteiger charge is -2.10. The summed E-state index contributed by atoms with van der Waals surface area (Å²) in [6.07, 6.45) is 5.54. The van der Waals surface area contributed by atoms with Crippen LogP contribution >= 0.6 is 11.3 Å². The topological polar surface area (TPSA) is 110 Å². The zero-order chi connectivity index (χ0) is 16.8. The lowest BCUT2D eigenvalue weighted by Crippen LogP contribution is -2.24. The van der Waals surface area contributed by atoms with Gasteiger partial charge < -0.3 is 21.1 Å². The number of hydrogen-bond donors (Lipinski definition) is 3. The highest BCUT2D eigenvalue weighted by Gasteiger charge is 2.13. The molecule has 0 spiro atoms. The summed E-state index contributed by atoms with van der Waals surface area (Å²) in [7, 11) is 1.65. The quantitative estimate of drug-likeness (QED) is 0.720. The van der Waals surface area contributed by atoms with E-state index in [1.54, 1.807) is 19.5 Å². The van der Waals surface area contributed by atoms with Crippen molar-refractivity contribution in [1.29, 1.82) is 0 Å². The molecule has 8 nitrogen and oxygen atoms in total. The molecule has 0 bridgehead atoms. The molecule has 0 aliphatic carbocycles. The molecule has 1 unspecified atom stereocenters. The van der Waals surface area contributed by atoms with Crippen molar-refractivity contribution in [2.24, 2.45) is 15.7 Å². The summed E-state index contributed by atoms with van der Waals surface area (Å²) in [5, 5.41) is 7.29. The second-order valence-corrected chi connectivity index (χ2v) is 6.02. The Balaban J connectivity index is 1.80. The van der Waals surface area contributed by atoms with Crippen LogP contribution in [0.2, 0.25) is 0 Å². The molecule has 126 valence electrons. The molecule has 1 aliphatic rings. The van der Waals surface area contributed by atoms with Crippen molar-refractivity contribution in [3.63, 3.8) is 0 Å².